The topological polar surface area (TPSA) is 63.2 Å². The lowest BCUT2D eigenvalue weighted by Gasteiger charge is -2.08. The molecular formula is C22H17NO3S. The van der Waals surface area contributed by atoms with Gasteiger partial charge in [-0.1, -0.05) is 60.7 Å². The molecule has 27 heavy (non-hydrogen) atoms. The van der Waals surface area contributed by atoms with Gasteiger partial charge in [0, 0.05) is 5.69 Å². The summed E-state index contributed by atoms with van der Waals surface area (Å²) in [7, 11) is -3.73. The molecule has 0 atom stereocenters. The first-order valence-electron chi connectivity index (χ1n) is 8.51. The third-order valence-corrected chi connectivity index (χ3v) is 6.05. The Morgan fingerprint density at radius 1 is 0.704 bits per heavy atom. The first-order chi connectivity index (χ1) is 13.0. The van der Waals surface area contributed by atoms with E-state index >= 15 is 0 Å². The summed E-state index contributed by atoms with van der Waals surface area (Å²) >= 11 is 0. The molecule has 0 saturated carbocycles. The molecule has 1 amide bonds. The maximum absolute atomic E-state index is 12.6. The number of hydrogen-bond donors (Lipinski definition) is 1. The SMILES string of the molecule is O=C(CS(=O)(=O)c1ccc2ccccc2c1)Nc1ccc2ccccc2c1. The van der Waals surface area contributed by atoms with Crippen LogP contribution in [0.4, 0.5) is 5.69 Å². The van der Waals surface area contributed by atoms with E-state index in [9.17, 15) is 13.2 Å². The van der Waals surface area contributed by atoms with Gasteiger partial charge < -0.3 is 5.32 Å². The van der Waals surface area contributed by atoms with E-state index in [1.807, 2.05) is 60.7 Å². The van der Waals surface area contributed by atoms with E-state index in [1.54, 1.807) is 24.3 Å². The van der Waals surface area contributed by atoms with Gasteiger partial charge >= 0.3 is 0 Å². The quantitative estimate of drug-likeness (QED) is 0.575. The Labute approximate surface area is 157 Å². The van der Waals surface area contributed by atoms with Crippen molar-refractivity contribution in [2.45, 2.75) is 4.90 Å². The number of fused-ring (bicyclic) bond motifs is 2. The highest BCUT2D eigenvalue weighted by Crippen LogP contribution is 2.21. The molecule has 1 N–H and O–H groups in total. The maximum Gasteiger partial charge on any atom is 0.239 e. The standard InChI is InChI=1S/C22H17NO3S/c24-22(23-20-11-9-16-5-1-3-7-18(16)13-20)15-27(25,26)21-12-10-17-6-2-4-8-19(17)14-21/h1-14H,15H2,(H,23,24). The van der Waals surface area contributed by atoms with Crippen molar-refractivity contribution < 1.29 is 13.2 Å². The molecule has 0 spiro atoms. The lowest BCUT2D eigenvalue weighted by molar-refractivity contribution is -0.113. The average molecular weight is 375 g/mol. The van der Waals surface area contributed by atoms with Crippen LogP contribution >= 0.6 is 0 Å². The van der Waals surface area contributed by atoms with Gasteiger partial charge in [0.05, 0.1) is 4.90 Å². The van der Waals surface area contributed by atoms with E-state index in [2.05, 4.69) is 5.32 Å². The van der Waals surface area contributed by atoms with Crippen LogP contribution in [0.1, 0.15) is 0 Å². The first-order valence-corrected chi connectivity index (χ1v) is 10.2. The van der Waals surface area contributed by atoms with E-state index in [0.29, 0.717) is 5.69 Å². The van der Waals surface area contributed by atoms with Crippen LogP contribution in [0, 0.1) is 0 Å². The Bertz CT molecular complexity index is 1260. The number of hydrogen-bond acceptors (Lipinski definition) is 3. The Hall–Kier alpha value is -3.18. The lowest BCUT2D eigenvalue weighted by atomic mass is 10.1. The lowest BCUT2D eigenvalue weighted by Crippen LogP contribution is -2.23. The molecular weight excluding hydrogens is 358 g/mol. The van der Waals surface area contributed by atoms with Crippen molar-refractivity contribution in [2.24, 2.45) is 0 Å². The van der Waals surface area contributed by atoms with E-state index in [4.69, 9.17) is 0 Å². The Kier molecular flexibility index (Phi) is 4.38. The van der Waals surface area contributed by atoms with E-state index < -0.39 is 21.5 Å². The summed E-state index contributed by atoms with van der Waals surface area (Å²) in [5.41, 5.74) is 0.576. The molecule has 4 rings (SSSR count). The minimum absolute atomic E-state index is 0.148. The van der Waals surface area contributed by atoms with Crippen LogP contribution in [-0.4, -0.2) is 20.1 Å². The number of benzene rings is 4. The number of amides is 1. The fraction of sp³-hybridized carbons (Fsp3) is 0.0455. The van der Waals surface area contributed by atoms with Gasteiger partial charge in [0.15, 0.2) is 9.84 Å². The van der Waals surface area contributed by atoms with Crippen LogP contribution in [0.2, 0.25) is 0 Å². The zero-order chi connectivity index (χ0) is 18.9. The molecule has 0 bridgehead atoms. The van der Waals surface area contributed by atoms with Gasteiger partial charge in [0.25, 0.3) is 0 Å². The molecule has 0 aliphatic rings. The molecule has 5 heteroatoms. The van der Waals surface area contributed by atoms with Crippen molar-refractivity contribution in [1.82, 2.24) is 0 Å². The zero-order valence-electron chi connectivity index (χ0n) is 14.4. The van der Waals surface area contributed by atoms with Crippen molar-refractivity contribution in [3.05, 3.63) is 84.9 Å². The molecule has 4 aromatic rings. The van der Waals surface area contributed by atoms with Gasteiger partial charge in [0.1, 0.15) is 5.75 Å². The Morgan fingerprint density at radius 3 is 1.93 bits per heavy atom. The number of carbonyl (C=O) groups excluding carboxylic acids is 1. The fourth-order valence-corrected chi connectivity index (χ4v) is 4.25. The normalized spacial score (nSPS) is 11.6. The van der Waals surface area contributed by atoms with Crippen molar-refractivity contribution in [1.29, 1.82) is 0 Å². The summed E-state index contributed by atoms with van der Waals surface area (Å²) in [5.74, 6) is -1.16. The number of carbonyl (C=O) groups is 1. The van der Waals surface area contributed by atoms with E-state index in [1.165, 1.54) is 0 Å². The van der Waals surface area contributed by atoms with Gasteiger partial charge in [-0.3, -0.25) is 4.79 Å². The second-order valence-corrected chi connectivity index (χ2v) is 8.37. The summed E-state index contributed by atoms with van der Waals surface area (Å²) in [6.45, 7) is 0. The molecule has 0 aliphatic heterocycles. The third kappa shape index (κ3) is 3.68. The van der Waals surface area contributed by atoms with E-state index in [-0.39, 0.29) is 4.90 Å². The minimum atomic E-state index is -3.73. The molecule has 0 heterocycles. The highest BCUT2D eigenvalue weighted by atomic mass is 32.2. The smallest absolute Gasteiger partial charge is 0.239 e. The van der Waals surface area contributed by atoms with Crippen molar-refractivity contribution in [3.8, 4) is 0 Å². The molecule has 0 aliphatic carbocycles. The second kappa shape index (κ2) is 6.85. The van der Waals surface area contributed by atoms with Crippen LogP contribution in [0.15, 0.2) is 89.8 Å². The average Bonchev–Trinajstić information content (AvgIpc) is 2.67. The molecule has 4 nitrogen and oxygen atoms in total. The predicted octanol–water partition coefficient (Wildman–Crippen LogP) is 4.41. The molecule has 0 unspecified atom stereocenters. The van der Waals surface area contributed by atoms with Crippen molar-refractivity contribution in [2.75, 3.05) is 11.1 Å². The Morgan fingerprint density at radius 2 is 1.26 bits per heavy atom. The first kappa shape index (κ1) is 17.2. The summed E-state index contributed by atoms with van der Waals surface area (Å²) in [5, 5.41) is 6.50. The number of anilines is 1. The summed E-state index contributed by atoms with van der Waals surface area (Å²) in [4.78, 5) is 12.5. The molecule has 0 saturated heterocycles. The summed E-state index contributed by atoms with van der Waals surface area (Å²) in [6.07, 6.45) is 0. The van der Waals surface area contributed by atoms with Gasteiger partial charge in [-0.2, -0.15) is 0 Å². The largest absolute Gasteiger partial charge is 0.325 e. The molecule has 4 aromatic carbocycles. The maximum atomic E-state index is 12.6. The summed E-state index contributed by atoms with van der Waals surface area (Å²) < 4.78 is 25.3. The van der Waals surface area contributed by atoms with Crippen LogP contribution in [-0.2, 0) is 14.6 Å². The highest BCUT2D eigenvalue weighted by Gasteiger charge is 2.20. The van der Waals surface area contributed by atoms with Crippen LogP contribution in [0.3, 0.4) is 0 Å². The highest BCUT2D eigenvalue weighted by molar-refractivity contribution is 7.92. The van der Waals surface area contributed by atoms with Crippen molar-refractivity contribution in [3.63, 3.8) is 0 Å². The third-order valence-electron chi connectivity index (χ3n) is 4.43. The monoisotopic (exact) mass is 375 g/mol. The minimum Gasteiger partial charge on any atom is -0.325 e. The number of sulfone groups is 1. The molecule has 0 radical (unpaired) electrons. The number of rotatable bonds is 4. The van der Waals surface area contributed by atoms with Gasteiger partial charge in [-0.05, 0) is 45.8 Å². The number of nitrogens with one attached hydrogen (secondary N) is 1. The zero-order valence-corrected chi connectivity index (χ0v) is 15.2. The van der Waals surface area contributed by atoms with E-state index in [0.717, 1.165) is 21.5 Å². The molecule has 134 valence electrons. The van der Waals surface area contributed by atoms with Crippen LogP contribution in [0.25, 0.3) is 21.5 Å². The molecule has 0 fully saturated rings. The van der Waals surface area contributed by atoms with Gasteiger partial charge in [-0.25, -0.2) is 8.42 Å². The van der Waals surface area contributed by atoms with Crippen LogP contribution < -0.4 is 5.32 Å². The fourth-order valence-electron chi connectivity index (χ4n) is 3.08. The predicted molar refractivity (Wildman–Crippen MR) is 109 cm³/mol. The van der Waals surface area contributed by atoms with Crippen LogP contribution in [0.5, 0.6) is 0 Å². The second-order valence-electron chi connectivity index (χ2n) is 6.38. The van der Waals surface area contributed by atoms with Gasteiger partial charge in [0.2, 0.25) is 5.91 Å². The molecule has 0 aromatic heterocycles. The Balaban J connectivity index is 1.54. The summed E-state index contributed by atoms with van der Waals surface area (Å²) in [6, 6.07) is 25.7. The van der Waals surface area contributed by atoms with Gasteiger partial charge in [-0.15, -0.1) is 0 Å². The van der Waals surface area contributed by atoms with Crippen molar-refractivity contribution >= 4 is 43.0 Å².